The van der Waals surface area contributed by atoms with E-state index in [-0.39, 0.29) is 4.90 Å². The maximum Gasteiger partial charge on any atom is 0.241 e. The highest BCUT2D eigenvalue weighted by Gasteiger charge is 2.22. The topological polar surface area (TPSA) is 120 Å². The first-order chi connectivity index (χ1) is 18.0. The largest absolute Gasteiger partial charge is 0.369 e. The van der Waals surface area contributed by atoms with E-state index in [4.69, 9.17) is 0 Å². The molecule has 2 heterocycles. The first-order valence-corrected chi connectivity index (χ1v) is 14.0. The van der Waals surface area contributed by atoms with Gasteiger partial charge in [0.05, 0.1) is 11.4 Å². The van der Waals surface area contributed by atoms with Crippen molar-refractivity contribution >= 4 is 45.1 Å². The Kier molecular flexibility index (Phi) is 8.29. The first kappa shape index (κ1) is 27.5. The lowest BCUT2D eigenvalue weighted by Gasteiger charge is -2.35. The minimum Gasteiger partial charge on any atom is -0.369 e. The number of benzene rings is 2. The van der Waals surface area contributed by atoms with E-state index in [9.17, 15) is 13.2 Å². The second kappa shape index (κ2) is 11.5. The molecule has 0 amide bonds. The molecule has 38 heavy (non-hydrogen) atoms. The third-order valence-corrected chi connectivity index (χ3v) is 7.77. The molecule has 0 spiro atoms. The van der Waals surface area contributed by atoms with Gasteiger partial charge in [-0.3, -0.25) is 4.90 Å². The van der Waals surface area contributed by atoms with Crippen molar-refractivity contribution in [2.24, 2.45) is 0 Å². The Labute approximate surface area is 224 Å². The zero-order chi connectivity index (χ0) is 27.3. The number of aryl methyl sites for hydroxylation is 1. The fraction of sp³-hybridized carbons (Fsp3) is 0.370. The van der Waals surface area contributed by atoms with Gasteiger partial charge in [-0.2, -0.15) is 4.98 Å². The van der Waals surface area contributed by atoms with Crippen molar-refractivity contribution < 1.29 is 13.2 Å². The Morgan fingerprint density at radius 2 is 1.68 bits per heavy atom. The van der Waals surface area contributed by atoms with Gasteiger partial charge in [0.1, 0.15) is 12.1 Å². The number of nitrogens with one attached hydrogen (secondary N) is 3. The summed E-state index contributed by atoms with van der Waals surface area (Å²) in [6.45, 7) is 11.3. The minimum atomic E-state index is -3.66. The fourth-order valence-corrected chi connectivity index (χ4v) is 5.61. The van der Waals surface area contributed by atoms with Crippen molar-refractivity contribution in [2.45, 2.75) is 38.1 Å². The smallest absolute Gasteiger partial charge is 0.241 e. The van der Waals surface area contributed by atoms with Crippen LogP contribution < -0.4 is 20.3 Å². The minimum absolute atomic E-state index is 0.174. The number of piperazine rings is 1. The number of carbonyl (C=O) groups is 1. The summed E-state index contributed by atoms with van der Waals surface area (Å²) in [6, 6.07) is 14.7. The van der Waals surface area contributed by atoms with Gasteiger partial charge >= 0.3 is 0 Å². The summed E-state index contributed by atoms with van der Waals surface area (Å²) >= 11 is 0. The Hall–Kier alpha value is -3.54. The molecular weight excluding hydrogens is 502 g/mol. The molecule has 0 radical (unpaired) electrons. The lowest BCUT2D eigenvalue weighted by molar-refractivity contribution is -0.108. The fourth-order valence-electron chi connectivity index (χ4n) is 4.15. The zero-order valence-electron chi connectivity index (χ0n) is 22.2. The van der Waals surface area contributed by atoms with Crippen LogP contribution in [0.2, 0.25) is 0 Å². The Morgan fingerprint density at radius 3 is 2.34 bits per heavy atom. The van der Waals surface area contributed by atoms with E-state index < -0.39 is 15.6 Å². The average molecular weight is 538 g/mol. The van der Waals surface area contributed by atoms with Crippen LogP contribution in [-0.4, -0.2) is 67.8 Å². The molecule has 1 aliphatic heterocycles. The van der Waals surface area contributed by atoms with Gasteiger partial charge in [0.15, 0.2) is 0 Å². The number of carbonyl (C=O) groups excluding carboxylic acids is 1. The quantitative estimate of drug-likeness (QED) is 0.351. The standard InChI is InChI=1S/C27H35N7O3S/c1-20-19-28-26(30-21-8-10-23(11-9-21)34-14-12-33(13-15-34)16-17-35)31-25(20)29-22-6-5-7-24(18-22)38(36,37)32-27(2,3)4/h5-11,17-19,32H,12-16H2,1-4H3,(H2,28,29,30,31). The number of aldehydes is 1. The highest BCUT2D eigenvalue weighted by molar-refractivity contribution is 7.89. The molecule has 0 atom stereocenters. The maximum absolute atomic E-state index is 12.8. The van der Waals surface area contributed by atoms with E-state index in [1.54, 1.807) is 51.2 Å². The molecule has 202 valence electrons. The molecular formula is C27H35N7O3S. The number of hydrogen-bond acceptors (Lipinski definition) is 9. The average Bonchev–Trinajstić information content (AvgIpc) is 2.86. The van der Waals surface area contributed by atoms with Gasteiger partial charge in [-0.1, -0.05) is 6.07 Å². The molecule has 1 fully saturated rings. The van der Waals surface area contributed by atoms with Crippen molar-refractivity contribution in [3.8, 4) is 0 Å². The second-order valence-corrected chi connectivity index (χ2v) is 12.0. The summed E-state index contributed by atoms with van der Waals surface area (Å²) in [5.41, 5.74) is 2.82. The molecule has 0 unspecified atom stereocenters. The van der Waals surface area contributed by atoms with Gasteiger partial charge in [0, 0.05) is 60.5 Å². The molecule has 1 aliphatic rings. The SMILES string of the molecule is Cc1cnc(Nc2ccc(N3CCN(CC=O)CC3)cc2)nc1Nc1cccc(S(=O)(=O)NC(C)(C)C)c1. The van der Waals surface area contributed by atoms with E-state index in [2.05, 4.69) is 47.3 Å². The molecule has 3 N–H and O–H groups in total. The zero-order valence-corrected chi connectivity index (χ0v) is 23.0. The van der Waals surface area contributed by atoms with Crippen LogP contribution in [0.3, 0.4) is 0 Å². The molecule has 11 heteroatoms. The third kappa shape index (κ3) is 7.27. The summed E-state index contributed by atoms with van der Waals surface area (Å²) < 4.78 is 28.2. The lowest BCUT2D eigenvalue weighted by atomic mass is 10.1. The summed E-state index contributed by atoms with van der Waals surface area (Å²) in [5.74, 6) is 0.997. The first-order valence-electron chi connectivity index (χ1n) is 12.6. The van der Waals surface area contributed by atoms with Crippen LogP contribution in [0.4, 0.5) is 28.8 Å². The van der Waals surface area contributed by atoms with Crippen LogP contribution in [0.25, 0.3) is 0 Å². The predicted molar refractivity (Wildman–Crippen MR) is 151 cm³/mol. The van der Waals surface area contributed by atoms with Crippen LogP contribution in [0, 0.1) is 6.92 Å². The molecule has 3 aromatic rings. The van der Waals surface area contributed by atoms with E-state index in [0.717, 1.165) is 49.4 Å². The predicted octanol–water partition coefficient (Wildman–Crippen LogP) is 3.67. The maximum atomic E-state index is 12.8. The molecule has 2 aromatic carbocycles. The molecule has 1 saturated heterocycles. The van der Waals surface area contributed by atoms with Gasteiger partial charge in [-0.05, 0) is 70.2 Å². The van der Waals surface area contributed by atoms with Crippen LogP contribution in [0.15, 0.2) is 59.6 Å². The van der Waals surface area contributed by atoms with Crippen LogP contribution >= 0.6 is 0 Å². The Morgan fingerprint density at radius 1 is 0.974 bits per heavy atom. The van der Waals surface area contributed by atoms with Crippen molar-refractivity contribution in [1.82, 2.24) is 19.6 Å². The van der Waals surface area contributed by atoms with Gasteiger partial charge in [-0.15, -0.1) is 0 Å². The number of hydrogen-bond donors (Lipinski definition) is 3. The molecule has 10 nitrogen and oxygen atoms in total. The van der Waals surface area contributed by atoms with Crippen molar-refractivity contribution in [2.75, 3.05) is 48.3 Å². The molecule has 0 saturated carbocycles. The molecule has 4 rings (SSSR count). The summed E-state index contributed by atoms with van der Waals surface area (Å²) in [7, 11) is -3.66. The van der Waals surface area contributed by atoms with Crippen molar-refractivity contribution in [3.05, 3.63) is 60.3 Å². The van der Waals surface area contributed by atoms with E-state index in [1.807, 2.05) is 19.1 Å². The number of aromatic nitrogens is 2. The number of sulfonamides is 1. The van der Waals surface area contributed by atoms with Gasteiger partial charge in [-0.25, -0.2) is 18.1 Å². The molecule has 1 aromatic heterocycles. The normalized spacial score (nSPS) is 14.8. The summed E-state index contributed by atoms with van der Waals surface area (Å²) in [4.78, 5) is 24.4. The van der Waals surface area contributed by atoms with Crippen molar-refractivity contribution in [1.29, 1.82) is 0 Å². The number of rotatable bonds is 9. The van der Waals surface area contributed by atoms with E-state index in [1.165, 1.54) is 0 Å². The van der Waals surface area contributed by atoms with Gasteiger partial charge < -0.3 is 20.3 Å². The lowest BCUT2D eigenvalue weighted by Crippen LogP contribution is -2.46. The highest BCUT2D eigenvalue weighted by atomic mass is 32.2. The van der Waals surface area contributed by atoms with Crippen LogP contribution in [-0.2, 0) is 14.8 Å². The monoisotopic (exact) mass is 537 g/mol. The Bertz CT molecular complexity index is 1360. The highest BCUT2D eigenvalue weighted by Crippen LogP contribution is 2.25. The van der Waals surface area contributed by atoms with Gasteiger partial charge in [0.2, 0.25) is 16.0 Å². The van der Waals surface area contributed by atoms with Crippen LogP contribution in [0.5, 0.6) is 0 Å². The van der Waals surface area contributed by atoms with E-state index in [0.29, 0.717) is 24.0 Å². The molecule has 0 aliphatic carbocycles. The third-order valence-electron chi connectivity index (χ3n) is 6.01. The Balaban J connectivity index is 1.43. The van der Waals surface area contributed by atoms with Crippen LogP contribution in [0.1, 0.15) is 26.3 Å². The molecule has 0 bridgehead atoms. The van der Waals surface area contributed by atoms with Crippen molar-refractivity contribution in [3.63, 3.8) is 0 Å². The number of nitrogens with zero attached hydrogens (tertiary/aromatic N) is 4. The summed E-state index contributed by atoms with van der Waals surface area (Å²) in [6.07, 6.45) is 2.67. The summed E-state index contributed by atoms with van der Waals surface area (Å²) in [5, 5.41) is 6.46. The number of anilines is 5. The van der Waals surface area contributed by atoms with Gasteiger partial charge in [0.25, 0.3) is 0 Å². The second-order valence-electron chi connectivity index (χ2n) is 10.4. The van der Waals surface area contributed by atoms with E-state index >= 15 is 0 Å².